The van der Waals surface area contributed by atoms with Crippen molar-refractivity contribution < 1.29 is 0 Å². The topological polar surface area (TPSA) is 42.1 Å². The molecule has 0 fully saturated rings. The zero-order chi connectivity index (χ0) is 10.6. The van der Waals surface area contributed by atoms with Crippen LogP contribution in [0.15, 0.2) is 18.3 Å². The Morgan fingerprint density at radius 3 is 2.57 bits per heavy atom. The molecule has 0 radical (unpaired) electrons. The Hall–Kier alpha value is -1.09. The lowest BCUT2D eigenvalue weighted by atomic mass is 10.1. The number of nitrogens with two attached hydrogens (primary N) is 1. The van der Waals surface area contributed by atoms with E-state index >= 15 is 0 Å². The van der Waals surface area contributed by atoms with E-state index in [1.54, 1.807) is 0 Å². The van der Waals surface area contributed by atoms with Gasteiger partial charge in [-0.3, -0.25) is 0 Å². The van der Waals surface area contributed by atoms with Crippen LogP contribution >= 0.6 is 0 Å². The second-order valence-electron chi connectivity index (χ2n) is 3.48. The summed E-state index contributed by atoms with van der Waals surface area (Å²) in [5.41, 5.74) is 7.01. The molecular formula is C11H19N3. The molecule has 0 aliphatic carbocycles. The first kappa shape index (κ1) is 11.0. The van der Waals surface area contributed by atoms with Crippen molar-refractivity contribution in [1.82, 2.24) is 4.98 Å². The summed E-state index contributed by atoms with van der Waals surface area (Å²) in [6.45, 7) is 5.15. The van der Waals surface area contributed by atoms with Gasteiger partial charge in [-0.15, -0.1) is 0 Å². The molecule has 0 bridgehead atoms. The number of aromatic nitrogens is 1. The van der Waals surface area contributed by atoms with Gasteiger partial charge in [-0.2, -0.15) is 0 Å². The Balaban J connectivity index is 2.78. The summed E-state index contributed by atoms with van der Waals surface area (Å²) in [4.78, 5) is 6.46. The van der Waals surface area contributed by atoms with Crippen LogP contribution in [0.25, 0.3) is 0 Å². The van der Waals surface area contributed by atoms with Gasteiger partial charge in [-0.1, -0.05) is 13.0 Å². The molecule has 1 aromatic rings. The molecule has 0 saturated heterocycles. The maximum Gasteiger partial charge on any atom is 0.128 e. The number of anilines is 1. The van der Waals surface area contributed by atoms with Gasteiger partial charge in [-0.05, 0) is 25.0 Å². The van der Waals surface area contributed by atoms with Gasteiger partial charge >= 0.3 is 0 Å². The van der Waals surface area contributed by atoms with Crippen LogP contribution in [0.2, 0.25) is 0 Å². The third-order valence-electron chi connectivity index (χ3n) is 2.50. The van der Waals surface area contributed by atoms with Crippen molar-refractivity contribution in [2.75, 3.05) is 18.5 Å². The molecule has 0 amide bonds. The summed E-state index contributed by atoms with van der Waals surface area (Å²) in [7, 11) is 2.03. The first-order valence-corrected chi connectivity index (χ1v) is 5.11. The molecule has 0 saturated carbocycles. The van der Waals surface area contributed by atoms with Gasteiger partial charge in [-0.25, -0.2) is 4.98 Å². The maximum atomic E-state index is 5.90. The number of hydrogen-bond acceptors (Lipinski definition) is 3. The molecule has 0 aliphatic heterocycles. The fourth-order valence-electron chi connectivity index (χ4n) is 1.24. The average Bonchev–Trinajstić information content (AvgIpc) is 2.27. The highest BCUT2D eigenvalue weighted by Gasteiger charge is 2.04. The van der Waals surface area contributed by atoms with E-state index in [-0.39, 0.29) is 6.04 Å². The monoisotopic (exact) mass is 193 g/mol. The zero-order valence-electron chi connectivity index (χ0n) is 9.20. The summed E-state index contributed by atoms with van der Waals surface area (Å²) in [6, 6.07) is 4.19. The Kier molecular flexibility index (Phi) is 3.89. The van der Waals surface area contributed by atoms with E-state index in [9.17, 15) is 0 Å². The van der Waals surface area contributed by atoms with Gasteiger partial charge in [0.25, 0.3) is 0 Å². The number of pyridine rings is 1. The molecule has 78 valence electrons. The normalized spacial score (nSPS) is 12.6. The number of rotatable bonds is 4. The van der Waals surface area contributed by atoms with E-state index in [4.69, 9.17) is 5.73 Å². The highest BCUT2D eigenvalue weighted by molar-refractivity contribution is 5.38. The van der Waals surface area contributed by atoms with Crippen molar-refractivity contribution in [3.63, 3.8) is 0 Å². The van der Waals surface area contributed by atoms with E-state index < -0.39 is 0 Å². The lowest BCUT2D eigenvalue weighted by Crippen LogP contribution is -2.17. The second kappa shape index (κ2) is 4.96. The molecule has 2 N–H and O–H groups in total. The molecule has 1 rings (SSSR count). The molecule has 1 heterocycles. The highest BCUT2D eigenvalue weighted by Crippen LogP contribution is 2.15. The lowest BCUT2D eigenvalue weighted by molar-refractivity contribution is 0.695. The van der Waals surface area contributed by atoms with Crippen LogP contribution in [0.5, 0.6) is 0 Å². The van der Waals surface area contributed by atoms with E-state index in [1.165, 1.54) is 0 Å². The summed E-state index contributed by atoms with van der Waals surface area (Å²) in [6.07, 6.45) is 2.82. The maximum absolute atomic E-state index is 5.90. The second-order valence-corrected chi connectivity index (χ2v) is 3.48. The molecule has 1 unspecified atom stereocenters. The van der Waals surface area contributed by atoms with Gasteiger partial charge in [0.05, 0.1) is 0 Å². The van der Waals surface area contributed by atoms with Crippen molar-refractivity contribution in [1.29, 1.82) is 0 Å². The van der Waals surface area contributed by atoms with Gasteiger partial charge < -0.3 is 10.6 Å². The van der Waals surface area contributed by atoms with Crippen molar-refractivity contribution in [3.8, 4) is 0 Å². The Labute approximate surface area is 85.9 Å². The van der Waals surface area contributed by atoms with Crippen molar-refractivity contribution >= 4 is 5.82 Å². The van der Waals surface area contributed by atoms with Gasteiger partial charge in [0.1, 0.15) is 5.82 Å². The largest absolute Gasteiger partial charge is 0.360 e. The SMILES string of the molecule is CCC(N)c1ccc(N(C)CC)nc1. The summed E-state index contributed by atoms with van der Waals surface area (Å²) < 4.78 is 0. The molecule has 1 atom stereocenters. The summed E-state index contributed by atoms with van der Waals surface area (Å²) in [5.74, 6) is 1.000. The van der Waals surface area contributed by atoms with E-state index in [0.29, 0.717) is 0 Å². The average molecular weight is 193 g/mol. The number of hydrogen-bond donors (Lipinski definition) is 1. The molecule has 0 aromatic carbocycles. The predicted molar refractivity (Wildman–Crippen MR) is 60.4 cm³/mol. The van der Waals surface area contributed by atoms with Gasteiger partial charge in [0, 0.05) is 25.8 Å². The van der Waals surface area contributed by atoms with E-state index in [2.05, 4.69) is 29.8 Å². The minimum atomic E-state index is 0.114. The fraction of sp³-hybridized carbons (Fsp3) is 0.545. The van der Waals surface area contributed by atoms with E-state index in [1.807, 2.05) is 19.3 Å². The summed E-state index contributed by atoms with van der Waals surface area (Å²) >= 11 is 0. The van der Waals surface area contributed by atoms with Crippen LogP contribution in [0.4, 0.5) is 5.82 Å². The quantitative estimate of drug-likeness (QED) is 0.794. The molecule has 0 spiro atoms. The Morgan fingerprint density at radius 2 is 2.14 bits per heavy atom. The van der Waals surface area contributed by atoms with Crippen LogP contribution in [0.3, 0.4) is 0 Å². The Morgan fingerprint density at radius 1 is 1.43 bits per heavy atom. The van der Waals surface area contributed by atoms with Crippen molar-refractivity contribution in [2.24, 2.45) is 5.73 Å². The van der Waals surface area contributed by atoms with Crippen molar-refractivity contribution in [2.45, 2.75) is 26.3 Å². The van der Waals surface area contributed by atoms with Crippen LogP contribution in [-0.2, 0) is 0 Å². The summed E-state index contributed by atoms with van der Waals surface area (Å²) in [5, 5.41) is 0. The van der Waals surface area contributed by atoms with Gasteiger partial charge in [0.15, 0.2) is 0 Å². The smallest absolute Gasteiger partial charge is 0.128 e. The molecule has 3 heteroatoms. The molecule has 14 heavy (non-hydrogen) atoms. The van der Waals surface area contributed by atoms with Crippen molar-refractivity contribution in [3.05, 3.63) is 23.9 Å². The Bertz CT molecular complexity index is 239. The predicted octanol–water partition coefficient (Wildman–Crippen LogP) is 1.95. The van der Waals surface area contributed by atoms with Gasteiger partial charge in [0.2, 0.25) is 0 Å². The minimum Gasteiger partial charge on any atom is -0.360 e. The number of nitrogens with zero attached hydrogens (tertiary/aromatic N) is 2. The molecular weight excluding hydrogens is 174 g/mol. The van der Waals surface area contributed by atoms with Crippen LogP contribution < -0.4 is 10.6 Å². The third kappa shape index (κ3) is 2.45. The van der Waals surface area contributed by atoms with E-state index in [0.717, 1.165) is 24.3 Å². The zero-order valence-corrected chi connectivity index (χ0v) is 9.20. The fourth-order valence-corrected chi connectivity index (χ4v) is 1.24. The first-order valence-electron chi connectivity index (χ1n) is 5.11. The first-order chi connectivity index (χ1) is 6.69. The molecule has 3 nitrogen and oxygen atoms in total. The van der Waals surface area contributed by atoms with Crippen LogP contribution in [-0.4, -0.2) is 18.6 Å². The third-order valence-corrected chi connectivity index (χ3v) is 2.50. The lowest BCUT2D eigenvalue weighted by Gasteiger charge is -2.16. The highest BCUT2D eigenvalue weighted by atomic mass is 15.1. The molecule has 0 aliphatic rings. The molecule has 1 aromatic heterocycles. The van der Waals surface area contributed by atoms with Crippen LogP contribution in [0.1, 0.15) is 31.9 Å². The van der Waals surface area contributed by atoms with Crippen LogP contribution in [0, 0.1) is 0 Å². The minimum absolute atomic E-state index is 0.114. The standard InChI is InChI=1S/C11H19N3/c1-4-10(12)9-6-7-11(13-8-9)14(3)5-2/h6-8,10H,4-5,12H2,1-3H3.